The van der Waals surface area contributed by atoms with Crippen LogP contribution in [0.25, 0.3) is 0 Å². The van der Waals surface area contributed by atoms with Gasteiger partial charge in [-0.2, -0.15) is 0 Å². The Balaban J connectivity index is 2.67. The minimum atomic E-state index is -0.549. The van der Waals surface area contributed by atoms with Crippen molar-refractivity contribution in [1.82, 2.24) is 4.90 Å². The number of aromatic hydroxyl groups is 1. The Hall–Kier alpha value is -1.09. The van der Waals surface area contributed by atoms with Crippen molar-refractivity contribution in [2.75, 3.05) is 7.05 Å². The summed E-state index contributed by atoms with van der Waals surface area (Å²) < 4.78 is 13.2. The van der Waals surface area contributed by atoms with Crippen LogP contribution in [-0.2, 0) is 6.54 Å². The molecule has 0 saturated carbocycles. The van der Waals surface area contributed by atoms with Crippen LogP contribution in [0.3, 0.4) is 0 Å². The van der Waals surface area contributed by atoms with E-state index in [1.807, 2.05) is 7.05 Å². The molecule has 0 fully saturated rings. The standard InChI is InChI=1S/C14H22FNO/c1-10(2)8-11(3)16(4)9-12-6-5-7-13(15)14(12)17/h5-7,10-11,17H,8-9H2,1-4H3. The number of para-hydroxylation sites is 1. The third kappa shape index (κ3) is 4.00. The van der Waals surface area contributed by atoms with Gasteiger partial charge in [-0.25, -0.2) is 4.39 Å². The molecule has 0 aromatic heterocycles. The van der Waals surface area contributed by atoms with E-state index in [0.29, 0.717) is 24.1 Å². The summed E-state index contributed by atoms with van der Waals surface area (Å²) in [6.45, 7) is 7.09. The Morgan fingerprint density at radius 1 is 1.29 bits per heavy atom. The molecule has 0 aliphatic heterocycles. The summed E-state index contributed by atoms with van der Waals surface area (Å²) in [6.07, 6.45) is 1.09. The van der Waals surface area contributed by atoms with E-state index in [1.165, 1.54) is 6.07 Å². The van der Waals surface area contributed by atoms with Crippen LogP contribution >= 0.6 is 0 Å². The van der Waals surface area contributed by atoms with Crippen molar-refractivity contribution in [3.05, 3.63) is 29.6 Å². The van der Waals surface area contributed by atoms with Crippen LogP contribution in [0.2, 0.25) is 0 Å². The van der Waals surface area contributed by atoms with Crippen LogP contribution in [0, 0.1) is 11.7 Å². The van der Waals surface area contributed by atoms with E-state index in [9.17, 15) is 9.50 Å². The van der Waals surface area contributed by atoms with Gasteiger partial charge < -0.3 is 5.11 Å². The van der Waals surface area contributed by atoms with Gasteiger partial charge in [0.1, 0.15) is 0 Å². The van der Waals surface area contributed by atoms with Crippen LogP contribution in [0.15, 0.2) is 18.2 Å². The summed E-state index contributed by atoms with van der Waals surface area (Å²) in [5.41, 5.74) is 0.642. The lowest BCUT2D eigenvalue weighted by molar-refractivity contribution is 0.217. The van der Waals surface area contributed by atoms with Crippen molar-refractivity contribution in [2.24, 2.45) is 5.92 Å². The van der Waals surface area contributed by atoms with Crippen LogP contribution in [0.1, 0.15) is 32.8 Å². The number of hydrogen-bond acceptors (Lipinski definition) is 2. The van der Waals surface area contributed by atoms with Gasteiger partial charge in [0.15, 0.2) is 11.6 Å². The van der Waals surface area contributed by atoms with E-state index >= 15 is 0 Å². The van der Waals surface area contributed by atoms with Crippen molar-refractivity contribution in [1.29, 1.82) is 0 Å². The summed E-state index contributed by atoms with van der Waals surface area (Å²) in [6, 6.07) is 5.08. The number of halogens is 1. The topological polar surface area (TPSA) is 23.5 Å². The first-order valence-electron chi connectivity index (χ1n) is 6.08. The van der Waals surface area contributed by atoms with Crippen molar-refractivity contribution in [3.63, 3.8) is 0 Å². The monoisotopic (exact) mass is 239 g/mol. The Bertz CT molecular complexity index is 365. The smallest absolute Gasteiger partial charge is 0.165 e. The average molecular weight is 239 g/mol. The highest BCUT2D eigenvalue weighted by Crippen LogP contribution is 2.23. The van der Waals surface area contributed by atoms with Crippen LogP contribution in [0.4, 0.5) is 4.39 Å². The van der Waals surface area contributed by atoms with Gasteiger partial charge in [-0.3, -0.25) is 4.90 Å². The predicted molar refractivity (Wildman–Crippen MR) is 68.4 cm³/mol. The molecular weight excluding hydrogens is 217 g/mol. The van der Waals surface area contributed by atoms with Crippen LogP contribution < -0.4 is 0 Å². The third-order valence-corrected chi connectivity index (χ3v) is 3.06. The zero-order chi connectivity index (χ0) is 13.0. The second-order valence-electron chi connectivity index (χ2n) is 5.14. The van der Waals surface area contributed by atoms with Gasteiger partial charge in [-0.1, -0.05) is 26.0 Å². The number of benzene rings is 1. The molecule has 96 valence electrons. The average Bonchev–Trinajstić information content (AvgIpc) is 2.23. The van der Waals surface area contributed by atoms with E-state index in [0.717, 1.165) is 6.42 Å². The fourth-order valence-corrected chi connectivity index (χ4v) is 1.97. The number of rotatable bonds is 5. The summed E-state index contributed by atoms with van der Waals surface area (Å²) in [5, 5.41) is 9.61. The molecule has 0 spiro atoms. The Morgan fingerprint density at radius 3 is 2.53 bits per heavy atom. The molecule has 17 heavy (non-hydrogen) atoms. The summed E-state index contributed by atoms with van der Waals surface area (Å²) >= 11 is 0. The van der Waals surface area contributed by atoms with Crippen LogP contribution in [-0.4, -0.2) is 23.1 Å². The molecule has 0 saturated heterocycles. The molecule has 1 N–H and O–H groups in total. The van der Waals surface area contributed by atoms with Crippen molar-refractivity contribution in [2.45, 2.75) is 39.8 Å². The minimum absolute atomic E-state index is 0.226. The molecule has 1 atom stereocenters. The van der Waals surface area contributed by atoms with E-state index in [-0.39, 0.29) is 5.75 Å². The second kappa shape index (κ2) is 6.01. The van der Waals surface area contributed by atoms with Crippen molar-refractivity contribution < 1.29 is 9.50 Å². The molecule has 1 rings (SSSR count). The first-order chi connectivity index (χ1) is 7.91. The van der Waals surface area contributed by atoms with Crippen LogP contribution in [0.5, 0.6) is 5.75 Å². The fraction of sp³-hybridized carbons (Fsp3) is 0.571. The Labute approximate surface area is 103 Å². The Morgan fingerprint density at radius 2 is 1.94 bits per heavy atom. The van der Waals surface area contributed by atoms with E-state index in [1.54, 1.807) is 12.1 Å². The lowest BCUT2D eigenvalue weighted by atomic mass is 10.0. The van der Waals surface area contributed by atoms with Crippen molar-refractivity contribution in [3.8, 4) is 5.75 Å². The van der Waals surface area contributed by atoms with E-state index < -0.39 is 5.82 Å². The quantitative estimate of drug-likeness (QED) is 0.851. The second-order valence-corrected chi connectivity index (χ2v) is 5.14. The molecule has 0 amide bonds. The lowest BCUT2D eigenvalue weighted by Gasteiger charge is -2.26. The molecular formula is C14H22FNO. The summed E-state index contributed by atoms with van der Waals surface area (Å²) in [4.78, 5) is 2.13. The molecule has 0 heterocycles. The molecule has 1 aromatic rings. The summed E-state index contributed by atoms with van der Waals surface area (Å²) in [5.74, 6) is -0.142. The van der Waals surface area contributed by atoms with Gasteiger partial charge in [-0.15, -0.1) is 0 Å². The number of nitrogens with zero attached hydrogens (tertiary/aromatic N) is 1. The van der Waals surface area contributed by atoms with Gasteiger partial charge in [0.2, 0.25) is 0 Å². The summed E-state index contributed by atoms with van der Waals surface area (Å²) in [7, 11) is 2.00. The molecule has 1 unspecified atom stereocenters. The first-order valence-corrected chi connectivity index (χ1v) is 6.08. The minimum Gasteiger partial charge on any atom is -0.505 e. The maximum absolute atomic E-state index is 13.2. The molecule has 1 aromatic carbocycles. The lowest BCUT2D eigenvalue weighted by Crippen LogP contribution is -2.29. The largest absolute Gasteiger partial charge is 0.505 e. The highest BCUT2D eigenvalue weighted by Gasteiger charge is 2.14. The highest BCUT2D eigenvalue weighted by atomic mass is 19.1. The maximum atomic E-state index is 13.2. The maximum Gasteiger partial charge on any atom is 0.165 e. The van der Waals surface area contributed by atoms with Gasteiger partial charge in [0.05, 0.1) is 0 Å². The molecule has 0 aliphatic rings. The first kappa shape index (κ1) is 14.0. The Kier molecular flexibility index (Phi) is 4.94. The SMILES string of the molecule is CC(C)CC(C)N(C)Cc1cccc(F)c1O. The van der Waals surface area contributed by atoms with E-state index in [2.05, 4.69) is 25.7 Å². The molecule has 0 bridgehead atoms. The predicted octanol–water partition coefficient (Wildman–Crippen LogP) is 3.40. The normalized spacial score (nSPS) is 13.4. The highest BCUT2D eigenvalue weighted by molar-refractivity contribution is 5.33. The molecule has 3 heteroatoms. The molecule has 0 radical (unpaired) electrons. The fourth-order valence-electron chi connectivity index (χ4n) is 1.97. The molecule has 0 aliphatic carbocycles. The third-order valence-electron chi connectivity index (χ3n) is 3.06. The van der Waals surface area contributed by atoms with Crippen molar-refractivity contribution >= 4 is 0 Å². The zero-order valence-electron chi connectivity index (χ0n) is 11.1. The number of phenolic OH excluding ortho intramolecular Hbond substituents is 1. The number of phenols is 1. The van der Waals surface area contributed by atoms with Gasteiger partial charge >= 0.3 is 0 Å². The molecule has 2 nitrogen and oxygen atoms in total. The number of hydrogen-bond donors (Lipinski definition) is 1. The zero-order valence-corrected chi connectivity index (χ0v) is 11.1. The van der Waals surface area contributed by atoms with Gasteiger partial charge in [0, 0.05) is 18.2 Å². The van der Waals surface area contributed by atoms with Gasteiger partial charge in [0.25, 0.3) is 0 Å². The van der Waals surface area contributed by atoms with E-state index in [4.69, 9.17) is 0 Å². The van der Waals surface area contributed by atoms with Gasteiger partial charge in [-0.05, 0) is 32.4 Å².